The van der Waals surface area contributed by atoms with Crippen molar-refractivity contribution in [2.75, 3.05) is 0 Å². The summed E-state index contributed by atoms with van der Waals surface area (Å²) in [6, 6.07) is 31.8. The standard InChI is InChI=1S/C25H19NO2S/c1-18(27)29-25-15-9-8-14-22(25)26-21-16-23(19-10-4-2-5-11-19)28-24(17-21)20-12-6-3-7-13-20/h2-17H,1H3/p+1. The quantitative estimate of drug-likeness (QED) is 0.513. The molecular weight excluding hydrogens is 378 g/mol. The summed E-state index contributed by atoms with van der Waals surface area (Å²) < 4.78 is 6.22. The second kappa shape index (κ2) is 8.76. The first kappa shape index (κ1) is 19.0. The van der Waals surface area contributed by atoms with Crippen LogP contribution in [0.4, 0.5) is 5.69 Å². The zero-order valence-electron chi connectivity index (χ0n) is 16.0. The van der Waals surface area contributed by atoms with Gasteiger partial charge in [-0.25, -0.2) is 4.99 Å². The van der Waals surface area contributed by atoms with Gasteiger partial charge in [0.15, 0.2) is 5.12 Å². The van der Waals surface area contributed by atoms with E-state index in [0.29, 0.717) is 0 Å². The molecule has 0 amide bonds. The van der Waals surface area contributed by atoms with Crippen molar-refractivity contribution in [3.8, 4) is 22.6 Å². The van der Waals surface area contributed by atoms with Gasteiger partial charge in [0.05, 0.1) is 17.0 Å². The lowest BCUT2D eigenvalue weighted by atomic mass is 10.1. The van der Waals surface area contributed by atoms with Crippen LogP contribution in [0, 0.1) is 0 Å². The minimum atomic E-state index is 0.0530. The fraction of sp³-hybridized carbons (Fsp3) is 0.0400. The summed E-state index contributed by atoms with van der Waals surface area (Å²) >= 11 is 1.22. The Labute approximate surface area is 173 Å². The molecule has 0 aliphatic rings. The average Bonchev–Trinajstić information content (AvgIpc) is 2.76. The summed E-state index contributed by atoms with van der Waals surface area (Å²) in [6.07, 6.45) is 0. The second-order valence-corrected chi connectivity index (χ2v) is 7.74. The van der Waals surface area contributed by atoms with E-state index in [2.05, 4.69) is 4.99 Å². The summed E-state index contributed by atoms with van der Waals surface area (Å²) in [4.78, 5) is 16.0. The van der Waals surface area contributed by atoms with E-state index in [9.17, 15) is 4.79 Å². The zero-order chi connectivity index (χ0) is 20.1. The molecule has 0 fully saturated rings. The van der Waals surface area contributed by atoms with Gasteiger partial charge in [-0.3, -0.25) is 4.79 Å². The molecule has 0 spiro atoms. The third kappa shape index (κ3) is 4.73. The highest BCUT2D eigenvalue weighted by atomic mass is 32.2. The third-order valence-electron chi connectivity index (χ3n) is 4.33. The molecule has 0 atom stereocenters. The molecule has 3 nitrogen and oxygen atoms in total. The Morgan fingerprint density at radius 1 is 0.759 bits per heavy atom. The molecule has 4 heteroatoms. The van der Waals surface area contributed by atoms with Gasteiger partial charge in [-0.15, -0.1) is 0 Å². The number of rotatable bonds is 4. The summed E-state index contributed by atoms with van der Waals surface area (Å²) in [5.41, 5.74) is 2.89. The van der Waals surface area contributed by atoms with Gasteiger partial charge < -0.3 is 4.42 Å². The largest absolute Gasteiger partial charge is 0.456 e. The molecule has 0 radical (unpaired) electrons. The summed E-state index contributed by atoms with van der Waals surface area (Å²) in [5, 5.41) is 0.947. The van der Waals surface area contributed by atoms with Crippen LogP contribution in [0.15, 0.2) is 106 Å². The predicted molar refractivity (Wildman–Crippen MR) is 116 cm³/mol. The van der Waals surface area contributed by atoms with Gasteiger partial charge in [0.25, 0.3) is 0 Å². The van der Waals surface area contributed by atoms with Crippen molar-refractivity contribution in [3.05, 3.63) is 102 Å². The molecule has 1 N–H and O–H groups in total. The lowest BCUT2D eigenvalue weighted by Gasteiger charge is -2.05. The number of para-hydroxylation sites is 1. The van der Waals surface area contributed by atoms with Gasteiger partial charge >= 0.3 is 0 Å². The monoisotopic (exact) mass is 398 g/mol. The number of benzene rings is 3. The number of thioether (sulfide) groups is 1. The van der Waals surface area contributed by atoms with Crippen molar-refractivity contribution < 1.29 is 14.2 Å². The van der Waals surface area contributed by atoms with E-state index < -0.39 is 0 Å². The molecule has 0 aliphatic heterocycles. The Morgan fingerprint density at radius 2 is 1.28 bits per heavy atom. The van der Waals surface area contributed by atoms with E-state index in [-0.39, 0.29) is 5.12 Å². The van der Waals surface area contributed by atoms with Gasteiger partial charge in [0, 0.05) is 24.1 Å². The summed E-state index contributed by atoms with van der Waals surface area (Å²) in [6.45, 7) is 1.57. The van der Waals surface area contributed by atoms with Crippen LogP contribution in [0.25, 0.3) is 22.6 Å². The number of nitrogens with one attached hydrogen (secondary N) is 1. The van der Waals surface area contributed by atoms with Crippen LogP contribution in [-0.4, -0.2) is 5.12 Å². The van der Waals surface area contributed by atoms with Crippen molar-refractivity contribution >= 4 is 22.6 Å². The molecule has 3 aromatic carbocycles. The van der Waals surface area contributed by atoms with E-state index in [4.69, 9.17) is 4.42 Å². The highest BCUT2D eigenvalue weighted by Crippen LogP contribution is 2.25. The van der Waals surface area contributed by atoms with Crippen LogP contribution >= 0.6 is 11.8 Å². The van der Waals surface area contributed by atoms with Crippen molar-refractivity contribution in [2.24, 2.45) is 0 Å². The Balaban J connectivity index is 1.90. The van der Waals surface area contributed by atoms with Crippen LogP contribution < -0.4 is 10.3 Å². The lowest BCUT2D eigenvalue weighted by Crippen LogP contribution is -2.70. The minimum Gasteiger partial charge on any atom is -0.456 e. The van der Waals surface area contributed by atoms with Crippen molar-refractivity contribution in [1.29, 1.82) is 0 Å². The van der Waals surface area contributed by atoms with Gasteiger partial charge in [0.1, 0.15) is 11.5 Å². The Morgan fingerprint density at radius 3 is 1.83 bits per heavy atom. The highest BCUT2D eigenvalue weighted by molar-refractivity contribution is 8.13. The average molecular weight is 399 g/mol. The maximum Gasteiger partial charge on any atom is 0.218 e. The molecule has 0 saturated heterocycles. The van der Waals surface area contributed by atoms with E-state index in [1.165, 1.54) is 11.8 Å². The van der Waals surface area contributed by atoms with Crippen LogP contribution in [0.2, 0.25) is 0 Å². The van der Waals surface area contributed by atoms with Crippen molar-refractivity contribution in [3.63, 3.8) is 0 Å². The predicted octanol–water partition coefficient (Wildman–Crippen LogP) is 4.57. The smallest absolute Gasteiger partial charge is 0.218 e. The van der Waals surface area contributed by atoms with E-state index >= 15 is 0 Å². The molecule has 0 unspecified atom stereocenters. The third-order valence-corrected chi connectivity index (χ3v) is 5.19. The summed E-state index contributed by atoms with van der Waals surface area (Å²) in [7, 11) is 0. The van der Waals surface area contributed by atoms with Crippen LogP contribution in [0.3, 0.4) is 0 Å². The van der Waals surface area contributed by atoms with Crippen LogP contribution in [-0.2, 0) is 4.79 Å². The van der Waals surface area contributed by atoms with E-state index in [0.717, 1.165) is 38.6 Å². The highest BCUT2D eigenvalue weighted by Gasteiger charge is 2.12. The van der Waals surface area contributed by atoms with Gasteiger partial charge in [0.2, 0.25) is 11.0 Å². The number of carbonyl (C=O) groups excluding carboxylic acids is 1. The van der Waals surface area contributed by atoms with Crippen molar-refractivity contribution in [1.82, 2.24) is 0 Å². The van der Waals surface area contributed by atoms with Gasteiger partial charge in [-0.1, -0.05) is 72.8 Å². The van der Waals surface area contributed by atoms with Crippen molar-refractivity contribution in [2.45, 2.75) is 11.8 Å². The first-order valence-corrected chi connectivity index (χ1v) is 10.1. The lowest BCUT2D eigenvalue weighted by molar-refractivity contribution is -0.405. The zero-order valence-corrected chi connectivity index (χ0v) is 16.8. The fourth-order valence-corrected chi connectivity index (χ4v) is 3.72. The number of hydrogen-bond acceptors (Lipinski definition) is 3. The molecule has 142 valence electrons. The van der Waals surface area contributed by atoms with Gasteiger partial charge in [-0.2, -0.15) is 0 Å². The molecule has 0 bridgehead atoms. The number of carbonyl (C=O) groups is 1. The van der Waals surface area contributed by atoms with E-state index in [1.807, 2.05) is 97.1 Å². The van der Waals surface area contributed by atoms with Crippen LogP contribution in [0.5, 0.6) is 0 Å². The maximum absolute atomic E-state index is 11.6. The molecule has 1 heterocycles. The number of hydrogen-bond donors (Lipinski definition) is 1. The molecule has 4 rings (SSSR count). The SMILES string of the molecule is CC(=O)Sc1ccccc1[NH+]=c1cc(-c2ccccc2)oc(-c2ccccc2)c1. The van der Waals surface area contributed by atoms with Gasteiger partial charge in [-0.05, 0) is 17.8 Å². The molecule has 1 aromatic heterocycles. The Kier molecular flexibility index (Phi) is 5.73. The molecular formula is C25H20NO2S+. The Bertz CT molecular complexity index is 1140. The first-order chi connectivity index (χ1) is 14.2. The van der Waals surface area contributed by atoms with Crippen LogP contribution in [0.1, 0.15) is 6.92 Å². The molecule has 29 heavy (non-hydrogen) atoms. The first-order valence-electron chi connectivity index (χ1n) is 9.32. The van der Waals surface area contributed by atoms with E-state index in [1.54, 1.807) is 6.92 Å². The molecule has 0 saturated carbocycles. The topological polar surface area (TPSA) is 44.2 Å². The maximum atomic E-state index is 11.6. The second-order valence-electron chi connectivity index (χ2n) is 6.52. The molecule has 0 aliphatic carbocycles. The summed E-state index contributed by atoms with van der Waals surface area (Å²) in [5.74, 6) is 1.54. The molecule has 4 aromatic rings. The fourth-order valence-electron chi connectivity index (χ4n) is 3.03. The minimum absolute atomic E-state index is 0.0530. The Hall–Kier alpha value is -3.37. The normalized spacial score (nSPS) is 10.5.